The molecule has 0 bridgehead atoms. The zero-order valence-corrected chi connectivity index (χ0v) is 17.1. The number of amides is 1. The van der Waals surface area contributed by atoms with Gasteiger partial charge in [0.15, 0.2) is 0 Å². The Morgan fingerprint density at radius 2 is 1.70 bits per heavy atom. The molecule has 0 fully saturated rings. The molecule has 1 N–H and O–H groups in total. The van der Waals surface area contributed by atoms with Crippen molar-refractivity contribution in [1.82, 2.24) is 0 Å². The van der Waals surface area contributed by atoms with Gasteiger partial charge < -0.3 is 10.1 Å². The van der Waals surface area contributed by atoms with Crippen LogP contribution in [0.5, 0.6) is 5.75 Å². The van der Waals surface area contributed by atoms with Gasteiger partial charge in [-0.05, 0) is 55.5 Å². The number of hydrogen-bond donors (Lipinski definition) is 1. The molecule has 0 unspecified atom stereocenters. The Morgan fingerprint density at radius 3 is 2.37 bits per heavy atom. The van der Waals surface area contributed by atoms with Gasteiger partial charge in [0.1, 0.15) is 18.1 Å². The Labute approximate surface area is 175 Å². The number of hydrogen-bond acceptors (Lipinski definition) is 4. The molecule has 3 aromatic carbocycles. The molecule has 0 saturated carbocycles. The van der Waals surface area contributed by atoms with Crippen LogP contribution < -0.4 is 14.4 Å². The number of nitrogens with one attached hydrogen (secondary N) is 1. The summed E-state index contributed by atoms with van der Waals surface area (Å²) in [7, 11) is -4.05. The molecule has 0 aliphatic rings. The molecule has 156 valence electrons. The SMILES string of the molecule is CCOc1cccc(NC(=O)CN(c2ccc(F)cc2)S(=O)(=O)c2ccccc2)c1. The van der Waals surface area contributed by atoms with Gasteiger partial charge in [0.2, 0.25) is 5.91 Å². The van der Waals surface area contributed by atoms with Gasteiger partial charge >= 0.3 is 0 Å². The summed E-state index contributed by atoms with van der Waals surface area (Å²) < 4.78 is 46.1. The summed E-state index contributed by atoms with van der Waals surface area (Å²) in [6, 6.07) is 19.5. The first-order valence-electron chi connectivity index (χ1n) is 9.26. The summed E-state index contributed by atoms with van der Waals surface area (Å²) in [6.45, 7) is 1.84. The fraction of sp³-hybridized carbons (Fsp3) is 0.136. The van der Waals surface area contributed by atoms with E-state index in [0.717, 1.165) is 16.4 Å². The molecule has 0 aliphatic carbocycles. The molecule has 30 heavy (non-hydrogen) atoms. The maximum atomic E-state index is 13.4. The zero-order valence-electron chi connectivity index (χ0n) is 16.3. The van der Waals surface area contributed by atoms with Crippen LogP contribution in [-0.4, -0.2) is 27.5 Å². The third kappa shape index (κ3) is 5.15. The van der Waals surface area contributed by atoms with E-state index in [9.17, 15) is 17.6 Å². The van der Waals surface area contributed by atoms with Crippen molar-refractivity contribution in [3.05, 3.63) is 84.7 Å². The lowest BCUT2D eigenvalue weighted by Gasteiger charge is -2.24. The molecule has 0 aliphatic heterocycles. The number of nitrogens with zero attached hydrogens (tertiary/aromatic N) is 1. The number of anilines is 2. The second-order valence-electron chi connectivity index (χ2n) is 6.31. The summed E-state index contributed by atoms with van der Waals surface area (Å²) in [4.78, 5) is 12.7. The van der Waals surface area contributed by atoms with Gasteiger partial charge in [-0.15, -0.1) is 0 Å². The lowest BCUT2D eigenvalue weighted by molar-refractivity contribution is -0.114. The van der Waals surface area contributed by atoms with E-state index in [0.29, 0.717) is 18.0 Å². The first-order valence-corrected chi connectivity index (χ1v) is 10.7. The van der Waals surface area contributed by atoms with E-state index in [2.05, 4.69) is 5.32 Å². The smallest absolute Gasteiger partial charge is 0.264 e. The molecule has 0 atom stereocenters. The Hall–Kier alpha value is -3.39. The van der Waals surface area contributed by atoms with Gasteiger partial charge in [0.05, 0.1) is 17.2 Å². The van der Waals surface area contributed by atoms with Crippen LogP contribution in [0.4, 0.5) is 15.8 Å². The van der Waals surface area contributed by atoms with Crippen LogP contribution in [0.2, 0.25) is 0 Å². The predicted octanol–water partition coefficient (Wildman–Crippen LogP) is 4.06. The molecule has 0 radical (unpaired) electrons. The lowest BCUT2D eigenvalue weighted by atomic mass is 10.3. The molecule has 0 aromatic heterocycles. The number of halogens is 1. The summed E-state index contributed by atoms with van der Waals surface area (Å²) in [5.41, 5.74) is 0.653. The summed E-state index contributed by atoms with van der Waals surface area (Å²) in [5, 5.41) is 2.68. The Bertz CT molecular complexity index is 1100. The number of sulfonamides is 1. The molecule has 3 aromatic rings. The normalized spacial score (nSPS) is 11.0. The second kappa shape index (κ2) is 9.41. The third-order valence-corrected chi connectivity index (χ3v) is 5.95. The quantitative estimate of drug-likeness (QED) is 0.587. The van der Waals surface area contributed by atoms with Crippen molar-refractivity contribution in [2.24, 2.45) is 0 Å². The highest BCUT2D eigenvalue weighted by Gasteiger charge is 2.27. The van der Waals surface area contributed by atoms with Crippen molar-refractivity contribution >= 4 is 27.3 Å². The molecular formula is C22H21FN2O4S. The van der Waals surface area contributed by atoms with Gasteiger partial charge in [0, 0.05) is 11.8 Å². The van der Waals surface area contributed by atoms with Crippen molar-refractivity contribution in [1.29, 1.82) is 0 Å². The average molecular weight is 428 g/mol. The van der Waals surface area contributed by atoms with Crippen molar-refractivity contribution in [3.63, 3.8) is 0 Å². The van der Waals surface area contributed by atoms with Crippen molar-refractivity contribution < 1.29 is 22.3 Å². The van der Waals surface area contributed by atoms with Gasteiger partial charge in [-0.25, -0.2) is 12.8 Å². The molecule has 1 amide bonds. The lowest BCUT2D eigenvalue weighted by Crippen LogP contribution is -2.38. The maximum Gasteiger partial charge on any atom is 0.264 e. The van der Waals surface area contributed by atoms with Crippen LogP contribution in [-0.2, 0) is 14.8 Å². The highest BCUT2D eigenvalue weighted by molar-refractivity contribution is 7.92. The Balaban J connectivity index is 1.88. The highest BCUT2D eigenvalue weighted by Crippen LogP contribution is 2.24. The second-order valence-corrected chi connectivity index (χ2v) is 8.17. The summed E-state index contributed by atoms with van der Waals surface area (Å²) in [6.07, 6.45) is 0. The number of carbonyl (C=O) groups is 1. The monoisotopic (exact) mass is 428 g/mol. The van der Waals surface area contributed by atoms with Crippen molar-refractivity contribution in [2.75, 3.05) is 22.8 Å². The topological polar surface area (TPSA) is 75.7 Å². The van der Waals surface area contributed by atoms with E-state index in [1.807, 2.05) is 6.92 Å². The zero-order chi connectivity index (χ0) is 21.6. The summed E-state index contributed by atoms with van der Waals surface area (Å²) >= 11 is 0. The maximum absolute atomic E-state index is 13.4. The first kappa shape index (κ1) is 21.3. The van der Waals surface area contributed by atoms with Crippen molar-refractivity contribution in [2.45, 2.75) is 11.8 Å². The van der Waals surface area contributed by atoms with Crippen LogP contribution in [0.1, 0.15) is 6.92 Å². The minimum absolute atomic E-state index is 0.0282. The molecule has 0 spiro atoms. The first-order chi connectivity index (χ1) is 14.4. The van der Waals surface area contributed by atoms with Crippen LogP contribution in [0.15, 0.2) is 83.8 Å². The molecular weight excluding hydrogens is 407 g/mol. The predicted molar refractivity (Wildman–Crippen MR) is 114 cm³/mol. The molecule has 6 nitrogen and oxygen atoms in total. The number of carbonyl (C=O) groups excluding carboxylic acids is 1. The fourth-order valence-corrected chi connectivity index (χ4v) is 4.25. The molecule has 0 saturated heterocycles. The highest BCUT2D eigenvalue weighted by atomic mass is 32.2. The fourth-order valence-electron chi connectivity index (χ4n) is 2.80. The van der Waals surface area contributed by atoms with Gasteiger partial charge in [-0.3, -0.25) is 9.10 Å². The van der Waals surface area contributed by atoms with E-state index in [-0.39, 0.29) is 10.6 Å². The van der Waals surface area contributed by atoms with E-state index in [1.54, 1.807) is 42.5 Å². The standard InChI is InChI=1S/C22H21FN2O4S/c1-2-29-20-8-6-7-18(15-20)24-22(26)16-25(19-13-11-17(23)12-14-19)30(27,28)21-9-4-3-5-10-21/h3-15H,2,16H2,1H3,(H,24,26). The van der Waals surface area contributed by atoms with Crippen LogP contribution >= 0.6 is 0 Å². The average Bonchev–Trinajstić information content (AvgIpc) is 2.74. The molecule has 0 heterocycles. The molecule has 3 rings (SSSR count). The van der Waals surface area contributed by atoms with Crippen molar-refractivity contribution in [3.8, 4) is 5.75 Å². The Kier molecular flexibility index (Phi) is 6.68. The minimum atomic E-state index is -4.05. The van der Waals surface area contributed by atoms with Gasteiger partial charge in [-0.1, -0.05) is 24.3 Å². The van der Waals surface area contributed by atoms with Gasteiger partial charge in [0.25, 0.3) is 10.0 Å². The van der Waals surface area contributed by atoms with Crippen LogP contribution in [0, 0.1) is 5.82 Å². The largest absolute Gasteiger partial charge is 0.494 e. The number of rotatable bonds is 8. The number of ether oxygens (including phenoxy) is 1. The minimum Gasteiger partial charge on any atom is -0.494 e. The van der Waals surface area contributed by atoms with E-state index < -0.39 is 28.3 Å². The van der Waals surface area contributed by atoms with E-state index in [1.165, 1.54) is 24.3 Å². The third-order valence-electron chi connectivity index (χ3n) is 4.16. The van der Waals surface area contributed by atoms with Crippen LogP contribution in [0.25, 0.3) is 0 Å². The van der Waals surface area contributed by atoms with Gasteiger partial charge in [-0.2, -0.15) is 0 Å². The van der Waals surface area contributed by atoms with E-state index in [4.69, 9.17) is 4.74 Å². The number of benzene rings is 3. The Morgan fingerprint density at radius 1 is 1.00 bits per heavy atom. The summed E-state index contributed by atoms with van der Waals surface area (Å²) in [5.74, 6) is -0.469. The molecule has 8 heteroatoms. The van der Waals surface area contributed by atoms with E-state index >= 15 is 0 Å². The van der Waals surface area contributed by atoms with Crippen LogP contribution in [0.3, 0.4) is 0 Å².